The highest BCUT2D eigenvalue weighted by molar-refractivity contribution is 5.90. The third-order valence-electron chi connectivity index (χ3n) is 4.09. The van der Waals surface area contributed by atoms with Gasteiger partial charge in [0, 0.05) is 14.1 Å². The van der Waals surface area contributed by atoms with Crippen molar-refractivity contribution in [3.8, 4) is 5.75 Å². The molecule has 0 atom stereocenters. The molecular formula is C20H26FNO4. The zero-order chi connectivity index (χ0) is 19.1. The zero-order valence-corrected chi connectivity index (χ0v) is 15.8. The van der Waals surface area contributed by atoms with Gasteiger partial charge in [0.1, 0.15) is 18.2 Å². The second-order valence-electron chi connectivity index (χ2n) is 6.09. The van der Waals surface area contributed by atoms with Gasteiger partial charge in [0.05, 0.1) is 6.61 Å². The van der Waals surface area contributed by atoms with Crippen LogP contribution in [0.3, 0.4) is 0 Å². The fraction of sp³-hybridized carbons (Fsp3) is 0.450. The molecule has 1 amide bonds. The number of fused-ring (bicyclic) bond motifs is 1. The monoisotopic (exact) mass is 363 g/mol. The van der Waals surface area contributed by atoms with Crippen LogP contribution < -0.4 is 4.74 Å². The van der Waals surface area contributed by atoms with E-state index in [1.807, 2.05) is 26.0 Å². The largest absolute Gasteiger partial charge is 0.468 e. The van der Waals surface area contributed by atoms with Crippen molar-refractivity contribution in [1.29, 1.82) is 0 Å². The van der Waals surface area contributed by atoms with Crippen LogP contribution in [0.1, 0.15) is 25.0 Å². The normalized spacial score (nSPS) is 10.8. The van der Waals surface area contributed by atoms with Crippen LogP contribution in [0.4, 0.5) is 9.18 Å². The summed E-state index contributed by atoms with van der Waals surface area (Å²) in [5.41, 5.74) is 1.79. The number of hydrogen-bond donors (Lipinski definition) is 0. The molecule has 142 valence electrons. The van der Waals surface area contributed by atoms with Gasteiger partial charge in [0.2, 0.25) is 0 Å². The molecule has 0 N–H and O–H groups in total. The van der Waals surface area contributed by atoms with Gasteiger partial charge >= 0.3 is 6.09 Å². The summed E-state index contributed by atoms with van der Waals surface area (Å²) in [6, 6.07) is 7.09. The molecule has 2 rings (SSSR count). The molecule has 26 heavy (non-hydrogen) atoms. The van der Waals surface area contributed by atoms with Gasteiger partial charge in [-0.1, -0.05) is 19.9 Å². The zero-order valence-electron chi connectivity index (χ0n) is 15.8. The maximum atomic E-state index is 14.1. The van der Waals surface area contributed by atoms with Crippen molar-refractivity contribution >= 4 is 16.9 Å². The number of hydrogen-bond acceptors (Lipinski definition) is 4. The van der Waals surface area contributed by atoms with Crippen molar-refractivity contribution in [2.75, 3.05) is 34.1 Å². The van der Waals surface area contributed by atoms with Gasteiger partial charge < -0.3 is 19.1 Å². The van der Waals surface area contributed by atoms with Crippen LogP contribution in [0.15, 0.2) is 24.3 Å². The smallest absolute Gasteiger partial charge is 0.409 e. The highest BCUT2D eigenvalue weighted by Gasteiger charge is 2.11. The van der Waals surface area contributed by atoms with Crippen LogP contribution >= 0.6 is 0 Å². The van der Waals surface area contributed by atoms with E-state index in [-0.39, 0.29) is 25.8 Å². The van der Waals surface area contributed by atoms with Crippen molar-refractivity contribution in [3.05, 3.63) is 41.2 Å². The summed E-state index contributed by atoms with van der Waals surface area (Å²) in [5.74, 6) is 0.507. The predicted octanol–water partition coefficient (Wildman–Crippen LogP) is 4.15. The Morgan fingerprint density at radius 2 is 1.88 bits per heavy atom. The summed E-state index contributed by atoms with van der Waals surface area (Å²) in [6.45, 7) is 4.46. The summed E-state index contributed by atoms with van der Waals surface area (Å²) in [5, 5.41) is 1.93. The van der Waals surface area contributed by atoms with E-state index in [9.17, 15) is 9.18 Å². The Morgan fingerprint density at radius 3 is 2.54 bits per heavy atom. The Morgan fingerprint density at radius 1 is 1.12 bits per heavy atom. The minimum absolute atomic E-state index is 0.0516. The van der Waals surface area contributed by atoms with Gasteiger partial charge in [-0.15, -0.1) is 0 Å². The topological polar surface area (TPSA) is 48.0 Å². The maximum Gasteiger partial charge on any atom is 0.409 e. The standard InChI is InChI=1S/C20H26FNO4/c1-5-14-11-16(26-13-24-9-10-25-20(23)22(3)4)12-15-7-8-18(21)17(6-2)19(14)15/h7-8,11-12H,5-6,9-10,13H2,1-4H3. The van der Waals surface area contributed by atoms with E-state index >= 15 is 0 Å². The molecule has 0 saturated heterocycles. The summed E-state index contributed by atoms with van der Waals surface area (Å²) in [6.07, 6.45) is 1.02. The van der Waals surface area contributed by atoms with Crippen LogP contribution in [-0.4, -0.2) is 45.1 Å². The Balaban J connectivity index is 1.98. The Kier molecular flexibility index (Phi) is 7.21. The second kappa shape index (κ2) is 9.38. The highest BCUT2D eigenvalue weighted by Crippen LogP contribution is 2.30. The first kappa shape index (κ1) is 20.0. The van der Waals surface area contributed by atoms with E-state index in [2.05, 4.69) is 0 Å². The minimum Gasteiger partial charge on any atom is -0.468 e. The van der Waals surface area contributed by atoms with E-state index in [1.165, 1.54) is 11.0 Å². The van der Waals surface area contributed by atoms with E-state index in [1.54, 1.807) is 20.2 Å². The Labute approximate surface area is 153 Å². The Bertz CT molecular complexity index is 761. The number of nitrogens with zero attached hydrogens (tertiary/aromatic N) is 1. The summed E-state index contributed by atoms with van der Waals surface area (Å²) in [4.78, 5) is 12.6. The molecule has 5 nitrogen and oxygen atoms in total. The molecule has 0 spiro atoms. The lowest BCUT2D eigenvalue weighted by Crippen LogP contribution is -2.24. The fourth-order valence-corrected chi connectivity index (χ4v) is 2.77. The van der Waals surface area contributed by atoms with Gasteiger partial charge in [-0.25, -0.2) is 9.18 Å². The molecule has 0 unspecified atom stereocenters. The van der Waals surface area contributed by atoms with Crippen LogP contribution in [-0.2, 0) is 22.3 Å². The van der Waals surface area contributed by atoms with Crippen LogP contribution in [0, 0.1) is 5.82 Å². The molecule has 0 aliphatic carbocycles. The molecule has 0 aromatic heterocycles. The molecule has 0 heterocycles. The fourth-order valence-electron chi connectivity index (χ4n) is 2.77. The molecule has 0 aliphatic heterocycles. The van der Waals surface area contributed by atoms with Gasteiger partial charge in [-0.3, -0.25) is 0 Å². The summed E-state index contributed by atoms with van der Waals surface area (Å²) in [7, 11) is 3.24. The number of amides is 1. The van der Waals surface area contributed by atoms with Crippen molar-refractivity contribution in [2.24, 2.45) is 0 Å². The van der Waals surface area contributed by atoms with Crippen molar-refractivity contribution in [2.45, 2.75) is 26.7 Å². The van der Waals surface area contributed by atoms with Crippen molar-refractivity contribution in [1.82, 2.24) is 4.90 Å². The first-order valence-corrected chi connectivity index (χ1v) is 8.76. The number of rotatable bonds is 8. The lowest BCUT2D eigenvalue weighted by Gasteiger charge is -2.14. The summed E-state index contributed by atoms with van der Waals surface area (Å²) >= 11 is 0. The number of halogens is 1. The first-order chi connectivity index (χ1) is 12.5. The average Bonchev–Trinajstić information content (AvgIpc) is 2.63. The highest BCUT2D eigenvalue weighted by atomic mass is 19.1. The lowest BCUT2D eigenvalue weighted by atomic mass is 9.95. The third kappa shape index (κ3) is 4.85. The van der Waals surface area contributed by atoms with E-state index in [4.69, 9.17) is 14.2 Å². The average molecular weight is 363 g/mol. The predicted molar refractivity (Wildman–Crippen MR) is 99.1 cm³/mol. The number of benzene rings is 2. The molecule has 0 radical (unpaired) electrons. The Hall–Kier alpha value is -2.34. The first-order valence-electron chi connectivity index (χ1n) is 8.76. The van der Waals surface area contributed by atoms with Gasteiger partial charge in [0.25, 0.3) is 0 Å². The lowest BCUT2D eigenvalue weighted by molar-refractivity contribution is -0.00736. The second-order valence-corrected chi connectivity index (χ2v) is 6.09. The molecule has 0 bridgehead atoms. The quantitative estimate of drug-likeness (QED) is 0.522. The number of ether oxygens (including phenoxy) is 3. The van der Waals surface area contributed by atoms with Crippen LogP contribution in [0.5, 0.6) is 5.75 Å². The van der Waals surface area contributed by atoms with Gasteiger partial charge in [-0.05, 0) is 52.9 Å². The molecular weight excluding hydrogens is 337 g/mol. The molecule has 0 fully saturated rings. The van der Waals surface area contributed by atoms with Crippen molar-refractivity contribution < 1.29 is 23.4 Å². The minimum atomic E-state index is -0.407. The van der Waals surface area contributed by atoms with Crippen molar-refractivity contribution in [3.63, 3.8) is 0 Å². The third-order valence-corrected chi connectivity index (χ3v) is 4.09. The van der Waals surface area contributed by atoms with E-state index in [0.29, 0.717) is 12.2 Å². The molecule has 2 aromatic carbocycles. The van der Waals surface area contributed by atoms with E-state index < -0.39 is 6.09 Å². The van der Waals surface area contributed by atoms with Crippen LogP contribution in [0.2, 0.25) is 0 Å². The molecule has 2 aromatic rings. The van der Waals surface area contributed by atoms with E-state index in [0.717, 1.165) is 28.3 Å². The number of carbonyl (C=O) groups is 1. The van der Waals surface area contributed by atoms with Gasteiger partial charge in [0.15, 0.2) is 6.79 Å². The molecule has 0 saturated carbocycles. The number of carbonyl (C=O) groups excluding carboxylic acids is 1. The number of aryl methyl sites for hydroxylation is 2. The maximum absolute atomic E-state index is 14.1. The SMILES string of the molecule is CCc1cc(OCOCCOC(=O)N(C)C)cc2ccc(F)c(CC)c12. The molecule has 0 aliphatic rings. The van der Waals surface area contributed by atoms with Gasteiger partial charge in [-0.2, -0.15) is 0 Å². The van der Waals surface area contributed by atoms with Crippen LogP contribution in [0.25, 0.3) is 10.8 Å². The summed E-state index contributed by atoms with van der Waals surface area (Å²) < 4.78 is 30.0. The molecule has 6 heteroatoms.